The van der Waals surface area contributed by atoms with Gasteiger partial charge in [0.05, 0.1) is 11.4 Å². The van der Waals surface area contributed by atoms with E-state index in [1.165, 1.54) is 4.70 Å². The number of rotatable bonds is 1. The van der Waals surface area contributed by atoms with Gasteiger partial charge in [0.1, 0.15) is 10.3 Å². The monoisotopic (exact) mass is 367 g/mol. The van der Waals surface area contributed by atoms with Crippen molar-refractivity contribution in [3.05, 3.63) is 79.1 Å². The molecule has 6 rings (SSSR count). The van der Waals surface area contributed by atoms with Gasteiger partial charge >= 0.3 is 0 Å². The van der Waals surface area contributed by atoms with E-state index in [1.54, 1.807) is 23.7 Å². The first kappa shape index (κ1) is 14.7. The highest BCUT2D eigenvalue weighted by atomic mass is 32.1. The zero-order chi connectivity index (χ0) is 17.8. The minimum atomic E-state index is 0.857. The number of hydrogen-bond acceptors (Lipinski definition) is 5. The Morgan fingerprint density at radius 2 is 1.48 bits per heavy atom. The second-order valence-corrected chi connectivity index (χ2v) is 7.40. The summed E-state index contributed by atoms with van der Waals surface area (Å²) in [6, 6.07) is 22.7. The second-order valence-electron chi connectivity index (χ2n) is 6.37. The zero-order valence-electron chi connectivity index (χ0n) is 14.2. The minimum Gasteiger partial charge on any atom is -0.453 e. The number of aromatic nitrogens is 2. The predicted molar refractivity (Wildman–Crippen MR) is 110 cm³/mol. The molecule has 3 aromatic carbocycles. The molecule has 0 N–H and O–H groups in total. The fourth-order valence-electron chi connectivity index (χ4n) is 3.60. The van der Waals surface area contributed by atoms with E-state index in [9.17, 15) is 0 Å². The maximum Gasteiger partial charge on any atom is 0.151 e. The number of ether oxygens (including phenoxy) is 1. The molecular formula is C22H13N3OS. The Labute approximate surface area is 159 Å². The number of thiophene rings is 1. The van der Waals surface area contributed by atoms with Crippen molar-refractivity contribution in [2.45, 2.75) is 0 Å². The highest BCUT2D eigenvalue weighted by Crippen LogP contribution is 2.50. The standard InChI is InChI=1S/C22H13N3OS/c1-3-7-18-16(5-1)25(17-6-2-4-8-19(17)26-18)14-9-10-15-20(13-14)27-22-21(15)23-11-12-24-22/h1-13H. The number of hydrogen-bond donors (Lipinski definition) is 0. The molecule has 0 radical (unpaired) electrons. The fourth-order valence-corrected chi connectivity index (χ4v) is 4.64. The third-order valence-electron chi connectivity index (χ3n) is 4.78. The lowest BCUT2D eigenvalue weighted by Crippen LogP contribution is -2.15. The summed E-state index contributed by atoms with van der Waals surface area (Å²) in [7, 11) is 0. The van der Waals surface area contributed by atoms with Crippen molar-refractivity contribution in [2.75, 3.05) is 4.90 Å². The van der Waals surface area contributed by atoms with E-state index in [1.807, 2.05) is 36.4 Å². The average Bonchev–Trinajstić information content (AvgIpc) is 3.09. The Hall–Kier alpha value is -3.44. The summed E-state index contributed by atoms with van der Waals surface area (Å²) in [5.74, 6) is 1.71. The lowest BCUT2D eigenvalue weighted by molar-refractivity contribution is 0.477. The zero-order valence-corrected chi connectivity index (χ0v) is 15.0. The van der Waals surface area contributed by atoms with E-state index in [2.05, 4.69) is 45.2 Å². The molecule has 128 valence electrons. The van der Waals surface area contributed by atoms with E-state index in [-0.39, 0.29) is 0 Å². The summed E-state index contributed by atoms with van der Waals surface area (Å²) in [6.07, 6.45) is 3.49. The maximum absolute atomic E-state index is 6.11. The Kier molecular flexibility index (Phi) is 3.01. The van der Waals surface area contributed by atoms with Crippen molar-refractivity contribution in [1.82, 2.24) is 9.97 Å². The van der Waals surface area contributed by atoms with Crippen LogP contribution in [0.3, 0.4) is 0 Å². The van der Waals surface area contributed by atoms with Gasteiger partial charge < -0.3 is 9.64 Å². The van der Waals surface area contributed by atoms with Crippen molar-refractivity contribution in [2.24, 2.45) is 0 Å². The summed E-state index contributed by atoms with van der Waals surface area (Å²) in [5, 5.41) is 1.14. The molecule has 0 spiro atoms. The van der Waals surface area contributed by atoms with E-state index in [4.69, 9.17) is 4.74 Å². The van der Waals surface area contributed by atoms with Gasteiger partial charge in [0.25, 0.3) is 0 Å². The SMILES string of the molecule is c1ccc2c(c1)Oc1ccccc1N2c1ccc2c(c1)sc1nccnc12. The van der Waals surface area contributed by atoms with Crippen LogP contribution in [0, 0.1) is 0 Å². The number of nitrogens with zero attached hydrogens (tertiary/aromatic N) is 3. The number of anilines is 3. The lowest BCUT2D eigenvalue weighted by Gasteiger charge is -2.32. The topological polar surface area (TPSA) is 38.2 Å². The van der Waals surface area contributed by atoms with Crippen molar-refractivity contribution >= 4 is 48.8 Å². The van der Waals surface area contributed by atoms with E-state index in [0.717, 1.165) is 44.3 Å². The summed E-state index contributed by atoms with van der Waals surface area (Å²) in [5.41, 5.74) is 4.13. The lowest BCUT2D eigenvalue weighted by atomic mass is 10.1. The molecule has 27 heavy (non-hydrogen) atoms. The average molecular weight is 367 g/mol. The third-order valence-corrected chi connectivity index (χ3v) is 5.83. The summed E-state index contributed by atoms with van der Waals surface area (Å²) >= 11 is 1.67. The first-order chi connectivity index (χ1) is 13.4. The van der Waals surface area contributed by atoms with Crippen LogP contribution in [0.25, 0.3) is 20.4 Å². The van der Waals surface area contributed by atoms with Crippen LogP contribution < -0.4 is 9.64 Å². The Morgan fingerprint density at radius 1 is 0.778 bits per heavy atom. The molecule has 2 aromatic heterocycles. The van der Waals surface area contributed by atoms with Crippen LogP contribution in [0.4, 0.5) is 17.1 Å². The second kappa shape index (κ2) is 5.53. The largest absolute Gasteiger partial charge is 0.453 e. The van der Waals surface area contributed by atoms with Crippen LogP contribution in [0.1, 0.15) is 0 Å². The number of para-hydroxylation sites is 4. The Balaban J connectivity index is 1.61. The van der Waals surface area contributed by atoms with Crippen LogP contribution in [0.2, 0.25) is 0 Å². The molecule has 0 aliphatic carbocycles. The first-order valence-electron chi connectivity index (χ1n) is 8.68. The van der Waals surface area contributed by atoms with E-state index >= 15 is 0 Å². The third kappa shape index (κ3) is 2.15. The van der Waals surface area contributed by atoms with Gasteiger partial charge in [-0.1, -0.05) is 24.3 Å². The van der Waals surface area contributed by atoms with Crippen molar-refractivity contribution in [3.8, 4) is 11.5 Å². The Bertz CT molecular complexity index is 1280. The smallest absolute Gasteiger partial charge is 0.151 e. The molecule has 1 aliphatic heterocycles. The van der Waals surface area contributed by atoms with Crippen LogP contribution >= 0.6 is 11.3 Å². The summed E-state index contributed by atoms with van der Waals surface area (Å²) in [6.45, 7) is 0. The molecule has 0 bridgehead atoms. The molecule has 5 aromatic rings. The van der Waals surface area contributed by atoms with Crippen molar-refractivity contribution in [3.63, 3.8) is 0 Å². The number of benzene rings is 3. The van der Waals surface area contributed by atoms with Crippen LogP contribution in [0.15, 0.2) is 79.1 Å². The van der Waals surface area contributed by atoms with Gasteiger partial charge in [-0.25, -0.2) is 4.98 Å². The molecule has 1 aliphatic rings. The van der Waals surface area contributed by atoms with Gasteiger partial charge in [-0.15, -0.1) is 11.3 Å². The molecule has 5 heteroatoms. The van der Waals surface area contributed by atoms with Crippen molar-refractivity contribution < 1.29 is 4.74 Å². The van der Waals surface area contributed by atoms with Gasteiger partial charge in [-0.05, 0) is 42.5 Å². The van der Waals surface area contributed by atoms with Crippen molar-refractivity contribution in [1.29, 1.82) is 0 Å². The van der Waals surface area contributed by atoms with Gasteiger partial charge in [0.15, 0.2) is 11.5 Å². The molecule has 0 saturated heterocycles. The molecule has 0 saturated carbocycles. The van der Waals surface area contributed by atoms with E-state index < -0.39 is 0 Å². The van der Waals surface area contributed by atoms with Crippen LogP contribution in [-0.2, 0) is 0 Å². The van der Waals surface area contributed by atoms with Gasteiger partial charge in [-0.2, -0.15) is 0 Å². The molecule has 0 unspecified atom stereocenters. The van der Waals surface area contributed by atoms with Gasteiger partial charge in [0.2, 0.25) is 0 Å². The highest BCUT2D eigenvalue weighted by molar-refractivity contribution is 7.25. The first-order valence-corrected chi connectivity index (χ1v) is 9.49. The predicted octanol–water partition coefficient (Wildman–Crippen LogP) is 6.42. The van der Waals surface area contributed by atoms with E-state index in [0.29, 0.717) is 0 Å². The van der Waals surface area contributed by atoms with Crippen LogP contribution in [-0.4, -0.2) is 9.97 Å². The molecule has 0 amide bonds. The molecule has 0 atom stereocenters. The summed E-state index contributed by atoms with van der Waals surface area (Å²) < 4.78 is 7.28. The normalized spacial score (nSPS) is 12.7. The maximum atomic E-state index is 6.11. The quantitative estimate of drug-likeness (QED) is 0.336. The summed E-state index contributed by atoms with van der Waals surface area (Å²) in [4.78, 5) is 12.2. The molecule has 3 heterocycles. The highest BCUT2D eigenvalue weighted by Gasteiger charge is 2.25. The van der Waals surface area contributed by atoms with Gasteiger partial charge in [-0.3, -0.25) is 4.98 Å². The number of fused-ring (bicyclic) bond motifs is 5. The molecule has 0 fully saturated rings. The van der Waals surface area contributed by atoms with Gasteiger partial charge in [0, 0.05) is 28.2 Å². The molecule has 4 nitrogen and oxygen atoms in total. The fraction of sp³-hybridized carbons (Fsp3) is 0. The Morgan fingerprint density at radius 3 is 2.26 bits per heavy atom. The minimum absolute atomic E-state index is 0.857. The van der Waals surface area contributed by atoms with Crippen LogP contribution in [0.5, 0.6) is 11.5 Å². The molecular weight excluding hydrogens is 354 g/mol.